The predicted octanol–water partition coefficient (Wildman–Crippen LogP) is 5.13. The Balaban J connectivity index is 1.35. The number of hydrogen-bond acceptors (Lipinski definition) is 7. The minimum atomic E-state index is -0.271. The molecule has 0 radical (unpaired) electrons. The van der Waals surface area contributed by atoms with E-state index in [0.29, 0.717) is 40.1 Å². The molecule has 0 spiro atoms. The first kappa shape index (κ1) is 23.6. The monoisotopic (exact) mass is 503 g/mol. The number of amides is 2. The van der Waals surface area contributed by atoms with E-state index in [0.717, 1.165) is 33.6 Å². The number of methoxy groups -OCH3 is 3. The van der Waals surface area contributed by atoms with Gasteiger partial charge in [0.15, 0.2) is 11.5 Å². The third kappa shape index (κ3) is 4.83. The highest BCUT2D eigenvalue weighted by atomic mass is 32.1. The molecule has 5 rings (SSSR count). The van der Waals surface area contributed by atoms with Gasteiger partial charge in [-0.1, -0.05) is 12.1 Å². The molecule has 9 heteroatoms. The summed E-state index contributed by atoms with van der Waals surface area (Å²) in [6, 6.07) is 16.5. The zero-order valence-electron chi connectivity index (χ0n) is 20.1. The summed E-state index contributed by atoms with van der Waals surface area (Å²) in [6.45, 7) is 0. The average Bonchev–Trinajstić information content (AvgIpc) is 3.61. The second-order valence-corrected chi connectivity index (χ2v) is 9.43. The van der Waals surface area contributed by atoms with Crippen molar-refractivity contribution >= 4 is 39.1 Å². The van der Waals surface area contributed by atoms with Crippen LogP contribution in [0.3, 0.4) is 0 Å². The molecule has 0 aliphatic heterocycles. The first-order valence-corrected chi connectivity index (χ1v) is 12.2. The van der Waals surface area contributed by atoms with Crippen molar-refractivity contribution in [3.05, 3.63) is 65.7 Å². The molecule has 0 bridgehead atoms. The van der Waals surface area contributed by atoms with E-state index in [9.17, 15) is 9.59 Å². The predicted molar refractivity (Wildman–Crippen MR) is 140 cm³/mol. The zero-order chi connectivity index (χ0) is 25.2. The molecule has 2 amide bonds. The lowest BCUT2D eigenvalue weighted by Crippen LogP contribution is -2.25. The van der Waals surface area contributed by atoms with Crippen molar-refractivity contribution in [1.82, 2.24) is 10.3 Å². The minimum absolute atomic E-state index is 0.0453. The molecule has 0 unspecified atom stereocenters. The largest absolute Gasteiger partial charge is 0.493 e. The van der Waals surface area contributed by atoms with Gasteiger partial charge in [0.1, 0.15) is 5.01 Å². The van der Waals surface area contributed by atoms with Gasteiger partial charge in [0, 0.05) is 40.6 Å². The Morgan fingerprint density at radius 2 is 1.53 bits per heavy atom. The van der Waals surface area contributed by atoms with Crippen LogP contribution in [0.15, 0.2) is 54.6 Å². The van der Waals surface area contributed by atoms with Gasteiger partial charge in [-0.15, -0.1) is 11.3 Å². The first-order chi connectivity index (χ1) is 17.5. The number of aromatic nitrogens is 1. The van der Waals surface area contributed by atoms with Crippen LogP contribution in [-0.2, 0) is 0 Å². The molecule has 4 aromatic rings. The fraction of sp³-hybridized carbons (Fsp3) is 0.222. The summed E-state index contributed by atoms with van der Waals surface area (Å²) in [5, 5.41) is 6.70. The van der Waals surface area contributed by atoms with Gasteiger partial charge in [-0.25, -0.2) is 4.98 Å². The van der Waals surface area contributed by atoms with Gasteiger partial charge >= 0.3 is 0 Å². The van der Waals surface area contributed by atoms with E-state index in [2.05, 4.69) is 10.6 Å². The van der Waals surface area contributed by atoms with Gasteiger partial charge in [0.05, 0.1) is 31.5 Å². The molecular formula is C27H25N3O5S. The second kappa shape index (κ2) is 9.87. The highest BCUT2D eigenvalue weighted by Gasteiger charge is 2.23. The number of nitrogens with zero attached hydrogens (tertiary/aromatic N) is 1. The van der Waals surface area contributed by atoms with Gasteiger partial charge in [0.2, 0.25) is 5.75 Å². The Morgan fingerprint density at radius 3 is 2.14 bits per heavy atom. The van der Waals surface area contributed by atoms with E-state index in [4.69, 9.17) is 19.2 Å². The van der Waals surface area contributed by atoms with E-state index >= 15 is 0 Å². The number of anilines is 1. The van der Waals surface area contributed by atoms with Gasteiger partial charge in [-0.3, -0.25) is 9.59 Å². The Bertz CT molecular complexity index is 1420. The van der Waals surface area contributed by atoms with Gasteiger partial charge in [-0.05, 0) is 43.2 Å². The molecular weight excluding hydrogens is 478 g/mol. The summed E-state index contributed by atoms with van der Waals surface area (Å²) < 4.78 is 17.0. The SMILES string of the molecule is COc1cc(NC(=O)c2ccc3nc(-c4ccc(C(=O)NC5CC5)cc4)sc3c2)cc(OC)c1OC. The molecule has 36 heavy (non-hydrogen) atoms. The van der Waals surface area contributed by atoms with Crippen molar-refractivity contribution in [3.63, 3.8) is 0 Å². The number of ether oxygens (including phenoxy) is 3. The lowest BCUT2D eigenvalue weighted by Gasteiger charge is -2.14. The van der Waals surface area contributed by atoms with Crippen LogP contribution in [0.1, 0.15) is 33.6 Å². The van der Waals surface area contributed by atoms with Crippen LogP contribution in [0.25, 0.3) is 20.8 Å². The standard InChI is InChI=1S/C27H25N3O5S/c1-33-21-13-19(14-22(34-2)24(21)35-3)29-26(32)17-8-11-20-23(12-17)36-27(30-20)16-6-4-15(5-7-16)25(31)28-18-9-10-18/h4-8,11-14,18H,9-10H2,1-3H3,(H,28,31)(H,29,32). The molecule has 1 heterocycles. The fourth-order valence-electron chi connectivity index (χ4n) is 3.81. The van der Waals surface area contributed by atoms with Crippen LogP contribution >= 0.6 is 11.3 Å². The molecule has 184 valence electrons. The normalized spacial score (nSPS) is 12.8. The maximum Gasteiger partial charge on any atom is 0.255 e. The number of nitrogens with one attached hydrogen (secondary N) is 2. The highest BCUT2D eigenvalue weighted by Crippen LogP contribution is 2.40. The van der Waals surface area contributed by atoms with Crippen LogP contribution in [-0.4, -0.2) is 44.2 Å². The summed E-state index contributed by atoms with van der Waals surface area (Å²) >= 11 is 1.49. The van der Waals surface area contributed by atoms with Gasteiger partial charge in [0.25, 0.3) is 11.8 Å². The van der Waals surface area contributed by atoms with Gasteiger partial charge < -0.3 is 24.8 Å². The smallest absolute Gasteiger partial charge is 0.255 e. The van der Waals surface area contributed by atoms with Crippen molar-refractivity contribution in [3.8, 4) is 27.8 Å². The number of thiazole rings is 1. The average molecular weight is 504 g/mol. The third-order valence-corrected chi connectivity index (χ3v) is 6.95. The molecule has 1 aliphatic carbocycles. The number of carbonyl (C=O) groups excluding carboxylic acids is 2. The van der Waals surface area contributed by atoms with E-state index in [1.807, 2.05) is 36.4 Å². The lowest BCUT2D eigenvalue weighted by atomic mass is 10.1. The van der Waals surface area contributed by atoms with Crippen molar-refractivity contribution in [2.45, 2.75) is 18.9 Å². The van der Waals surface area contributed by atoms with Crippen LogP contribution in [0.5, 0.6) is 17.2 Å². The van der Waals surface area contributed by atoms with Gasteiger partial charge in [-0.2, -0.15) is 0 Å². The van der Waals surface area contributed by atoms with Crippen molar-refractivity contribution in [2.24, 2.45) is 0 Å². The molecule has 1 fully saturated rings. The summed E-state index contributed by atoms with van der Waals surface area (Å²) in [7, 11) is 4.57. The molecule has 1 aromatic heterocycles. The maximum absolute atomic E-state index is 13.0. The molecule has 0 saturated heterocycles. The van der Waals surface area contributed by atoms with Crippen LogP contribution in [0, 0.1) is 0 Å². The second-order valence-electron chi connectivity index (χ2n) is 8.39. The summed E-state index contributed by atoms with van der Waals surface area (Å²) in [6.07, 6.45) is 2.11. The molecule has 1 saturated carbocycles. The minimum Gasteiger partial charge on any atom is -0.493 e. The quantitative estimate of drug-likeness (QED) is 0.346. The molecule has 3 aromatic carbocycles. The van der Waals surface area contributed by atoms with Crippen molar-refractivity contribution in [1.29, 1.82) is 0 Å². The molecule has 1 aliphatic rings. The number of rotatable bonds is 8. The van der Waals surface area contributed by atoms with E-state index in [1.165, 1.54) is 32.7 Å². The Kier molecular flexibility index (Phi) is 6.47. The summed E-state index contributed by atoms with van der Waals surface area (Å²) in [5.74, 6) is 1.04. The number of benzene rings is 3. The van der Waals surface area contributed by atoms with Crippen LogP contribution < -0.4 is 24.8 Å². The molecule has 0 atom stereocenters. The lowest BCUT2D eigenvalue weighted by molar-refractivity contribution is 0.0950. The first-order valence-electron chi connectivity index (χ1n) is 11.4. The van der Waals surface area contributed by atoms with Crippen LogP contribution in [0.2, 0.25) is 0 Å². The zero-order valence-corrected chi connectivity index (χ0v) is 20.9. The Labute approximate surface area is 212 Å². The summed E-state index contributed by atoms with van der Waals surface area (Å²) in [4.78, 5) is 29.9. The van der Waals surface area contributed by atoms with Crippen molar-refractivity contribution in [2.75, 3.05) is 26.6 Å². The fourth-order valence-corrected chi connectivity index (χ4v) is 4.82. The highest BCUT2D eigenvalue weighted by molar-refractivity contribution is 7.21. The maximum atomic E-state index is 13.0. The van der Waals surface area contributed by atoms with Crippen LogP contribution in [0.4, 0.5) is 5.69 Å². The topological polar surface area (TPSA) is 98.8 Å². The van der Waals surface area contributed by atoms with E-state index < -0.39 is 0 Å². The third-order valence-electron chi connectivity index (χ3n) is 5.88. The molecule has 8 nitrogen and oxygen atoms in total. The van der Waals surface area contributed by atoms with E-state index in [1.54, 1.807) is 18.2 Å². The Hall–Kier alpha value is -4.11. The van der Waals surface area contributed by atoms with Crippen molar-refractivity contribution < 1.29 is 23.8 Å². The number of hydrogen-bond donors (Lipinski definition) is 2. The number of fused-ring (bicyclic) bond motifs is 1. The summed E-state index contributed by atoms with van der Waals surface area (Å²) in [5.41, 5.74) is 3.37. The number of carbonyl (C=O) groups is 2. The molecule has 2 N–H and O–H groups in total. The Morgan fingerprint density at radius 1 is 0.861 bits per heavy atom. The van der Waals surface area contributed by atoms with E-state index in [-0.39, 0.29) is 11.8 Å².